The zero-order chi connectivity index (χ0) is 13.1. The molecule has 0 radical (unpaired) electrons. The van der Waals surface area contributed by atoms with Gasteiger partial charge >= 0.3 is 0 Å². The van der Waals surface area contributed by atoms with E-state index in [0.717, 1.165) is 17.8 Å². The first-order valence-corrected chi connectivity index (χ1v) is 6.14. The molecular weight excluding hydrogens is 233 g/mol. The number of halogens is 1. The van der Waals surface area contributed by atoms with Crippen LogP contribution in [0.25, 0.3) is 0 Å². The molecule has 0 aromatic heterocycles. The first kappa shape index (κ1) is 12.8. The zero-order valence-electron chi connectivity index (χ0n) is 10.4. The van der Waals surface area contributed by atoms with Crippen LogP contribution in [0.5, 0.6) is 0 Å². The van der Waals surface area contributed by atoms with Crippen molar-refractivity contribution in [3.63, 3.8) is 0 Å². The molecule has 1 aliphatic heterocycles. The Morgan fingerprint density at radius 3 is 2.94 bits per heavy atom. The maximum atomic E-state index is 13.3. The van der Waals surface area contributed by atoms with Crippen LogP contribution in [0.4, 0.5) is 10.1 Å². The fraction of sp³-hybridized carbons (Fsp3) is 0.462. The van der Waals surface area contributed by atoms with Crippen LogP contribution in [-0.4, -0.2) is 25.5 Å². The molecular formula is C13H18FN3O. The molecule has 1 atom stereocenters. The predicted molar refractivity (Wildman–Crippen MR) is 68.8 cm³/mol. The van der Waals surface area contributed by atoms with Crippen LogP contribution < -0.4 is 16.0 Å². The van der Waals surface area contributed by atoms with Crippen molar-refractivity contribution in [1.82, 2.24) is 5.32 Å². The first-order valence-electron chi connectivity index (χ1n) is 6.14. The summed E-state index contributed by atoms with van der Waals surface area (Å²) in [7, 11) is 0. The van der Waals surface area contributed by atoms with Crippen LogP contribution in [0.15, 0.2) is 18.2 Å². The molecule has 0 unspecified atom stereocenters. The molecule has 1 fully saturated rings. The molecule has 98 valence electrons. The van der Waals surface area contributed by atoms with E-state index in [1.165, 1.54) is 12.1 Å². The second kappa shape index (κ2) is 5.35. The van der Waals surface area contributed by atoms with Crippen molar-refractivity contribution in [2.75, 3.05) is 24.5 Å². The maximum absolute atomic E-state index is 13.3. The van der Waals surface area contributed by atoms with Gasteiger partial charge < -0.3 is 16.0 Å². The summed E-state index contributed by atoms with van der Waals surface area (Å²) in [5.41, 5.74) is 7.58. The molecule has 5 heteroatoms. The van der Waals surface area contributed by atoms with Crippen molar-refractivity contribution >= 4 is 11.6 Å². The minimum absolute atomic E-state index is 0.0574. The van der Waals surface area contributed by atoms with E-state index in [9.17, 15) is 9.18 Å². The SMILES string of the molecule is C[C@H](N)c1cc(F)ccc1N1CCNC(=O)CC1. The lowest BCUT2D eigenvalue weighted by atomic mass is 10.1. The fourth-order valence-corrected chi connectivity index (χ4v) is 2.19. The quantitative estimate of drug-likeness (QED) is 0.829. The number of rotatable bonds is 2. The summed E-state index contributed by atoms with van der Waals surface area (Å²) in [5, 5.41) is 2.82. The molecule has 1 aromatic carbocycles. The van der Waals surface area contributed by atoms with E-state index in [1.54, 1.807) is 6.07 Å². The van der Waals surface area contributed by atoms with Crippen molar-refractivity contribution in [1.29, 1.82) is 0 Å². The van der Waals surface area contributed by atoms with Crippen LogP contribution in [0, 0.1) is 5.82 Å². The Morgan fingerprint density at radius 2 is 2.22 bits per heavy atom. The van der Waals surface area contributed by atoms with Crippen LogP contribution in [0.2, 0.25) is 0 Å². The lowest BCUT2D eigenvalue weighted by Gasteiger charge is -2.26. The molecule has 1 saturated heterocycles. The predicted octanol–water partition coefficient (Wildman–Crippen LogP) is 1.17. The van der Waals surface area contributed by atoms with Gasteiger partial charge in [-0.05, 0) is 30.7 Å². The highest BCUT2D eigenvalue weighted by molar-refractivity contribution is 5.77. The molecule has 1 aliphatic rings. The van der Waals surface area contributed by atoms with Crippen LogP contribution >= 0.6 is 0 Å². The molecule has 3 N–H and O–H groups in total. The Balaban J connectivity index is 2.29. The van der Waals surface area contributed by atoms with Gasteiger partial charge in [-0.15, -0.1) is 0 Å². The van der Waals surface area contributed by atoms with E-state index < -0.39 is 0 Å². The largest absolute Gasteiger partial charge is 0.369 e. The van der Waals surface area contributed by atoms with Gasteiger partial charge in [0, 0.05) is 37.8 Å². The lowest BCUT2D eigenvalue weighted by Crippen LogP contribution is -2.29. The van der Waals surface area contributed by atoms with Crippen molar-refractivity contribution in [2.24, 2.45) is 5.73 Å². The van der Waals surface area contributed by atoms with Crippen LogP contribution in [0.1, 0.15) is 24.9 Å². The summed E-state index contributed by atoms with van der Waals surface area (Å²) in [4.78, 5) is 13.4. The number of hydrogen-bond acceptors (Lipinski definition) is 3. The third kappa shape index (κ3) is 2.79. The Bertz CT molecular complexity index is 448. The average Bonchev–Trinajstić information content (AvgIpc) is 2.54. The molecule has 0 aliphatic carbocycles. The van der Waals surface area contributed by atoms with E-state index in [1.807, 2.05) is 6.92 Å². The molecule has 1 heterocycles. The third-order valence-electron chi connectivity index (χ3n) is 3.13. The monoisotopic (exact) mass is 251 g/mol. The normalized spacial score (nSPS) is 18.2. The summed E-state index contributed by atoms with van der Waals surface area (Å²) >= 11 is 0. The number of hydrogen-bond donors (Lipinski definition) is 2. The molecule has 0 saturated carbocycles. The zero-order valence-corrected chi connectivity index (χ0v) is 10.4. The van der Waals surface area contributed by atoms with E-state index in [2.05, 4.69) is 10.2 Å². The second-order valence-corrected chi connectivity index (χ2v) is 4.58. The van der Waals surface area contributed by atoms with E-state index in [4.69, 9.17) is 5.73 Å². The molecule has 0 bridgehead atoms. The van der Waals surface area contributed by atoms with Gasteiger partial charge in [0.1, 0.15) is 5.82 Å². The third-order valence-corrected chi connectivity index (χ3v) is 3.13. The topological polar surface area (TPSA) is 58.4 Å². The van der Waals surface area contributed by atoms with Crippen molar-refractivity contribution in [3.8, 4) is 0 Å². The summed E-state index contributed by atoms with van der Waals surface area (Å²) in [6.45, 7) is 3.79. The van der Waals surface area contributed by atoms with Crippen LogP contribution in [0.3, 0.4) is 0 Å². The number of carbonyl (C=O) groups is 1. The highest BCUT2D eigenvalue weighted by atomic mass is 19.1. The summed E-state index contributed by atoms with van der Waals surface area (Å²) < 4.78 is 13.3. The number of nitrogens with two attached hydrogens (primary N) is 1. The molecule has 2 rings (SSSR count). The fourth-order valence-electron chi connectivity index (χ4n) is 2.19. The molecule has 4 nitrogen and oxygen atoms in total. The van der Waals surface area contributed by atoms with E-state index in [0.29, 0.717) is 19.5 Å². The molecule has 0 spiro atoms. The van der Waals surface area contributed by atoms with Crippen molar-refractivity contribution < 1.29 is 9.18 Å². The Kier molecular flexibility index (Phi) is 3.81. The number of carbonyl (C=O) groups excluding carboxylic acids is 1. The Hall–Kier alpha value is -1.62. The second-order valence-electron chi connectivity index (χ2n) is 4.58. The minimum Gasteiger partial charge on any atom is -0.369 e. The number of benzene rings is 1. The molecule has 1 aromatic rings. The van der Waals surface area contributed by atoms with Crippen molar-refractivity contribution in [2.45, 2.75) is 19.4 Å². The van der Waals surface area contributed by atoms with Gasteiger partial charge in [-0.2, -0.15) is 0 Å². The Labute approximate surface area is 106 Å². The number of nitrogens with zero attached hydrogens (tertiary/aromatic N) is 1. The summed E-state index contributed by atoms with van der Waals surface area (Å²) in [6.07, 6.45) is 0.454. The average molecular weight is 251 g/mol. The number of nitrogens with one attached hydrogen (secondary N) is 1. The smallest absolute Gasteiger partial charge is 0.221 e. The van der Waals surface area contributed by atoms with Gasteiger partial charge in [0.05, 0.1) is 0 Å². The first-order chi connectivity index (χ1) is 8.58. The van der Waals surface area contributed by atoms with Gasteiger partial charge in [0.25, 0.3) is 0 Å². The highest BCUT2D eigenvalue weighted by Crippen LogP contribution is 2.26. The van der Waals surface area contributed by atoms with Crippen molar-refractivity contribution in [3.05, 3.63) is 29.6 Å². The standard InChI is InChI=1S/C13H18FN3O/c1-9(15)11-8-10(14)2-3-12(11)17-6-4-13(18)16-5-7-17/h2-3,8-9H,4-7,15H2,1H3,(H,16,18)/t9-/m0/s1. The van der Waals surface area contributed by atoms with Gasteiger partial charge in [-0.1, -0.05) is 0 Å². The molecule has 18 heavy (non-hydrogen) atoms. The van der Waals surface area contributed by atoms with E-state index >= 15 is 0 Å². The van der Waals surface area contributed by atoms with Gasteiger partial charge in [-0.3, -0.25) is 4.79 Å². The van der Waals surface area contributed by atoms with Gasteiger partial charge in [0.15, 0.2) is 0 Å². The lowest BCUT2D eigenvalue weighted by molar-refractivity contribution is -0.120. The Morgan fingerprint density at radius 1 is 1.44 bits per heavy atom. The van der Waals surface area contributed by atoms with E-state index in [-0.39, 0.29) is 17.8 Å². The van der Waals surface area contributed by atoms with Gasteiger partial charge in [0.2, 0.25) is 5.91 Å². The minimum atomic E-state index is -0.282. The highest BCUT2D eigenvalue weighted by Gasteiger charge is 2.18. The number of amides is 1. The summed E-state index contributed by atoms with van der Waals surface area (Å²) in [5.74, 6) is -0.225. The van der Waals surface area contributed by atoms with Gasteiger partial charge in [-0.25, -0.2) is 4.39 Å². The number of anilines is 1. The van der Waals surface area contributed by atoms with Crippen LogP contribution in [-0.2, 0) is 4.79 Å². The molecule has 1 amide bonds. The summed E-state index contributed by atoms with van der Waals surface area (Å²) in [6, 6.07) is 4.41. The maximum Gasteiger partial charge on any atom is 0.221 e.